The van der Waals surface area contributed by atoms with E-state index >= 15 is 0 Å². The van der Waals surface area contributed by atoms with E-state index < -0.39 is 6.09 Å². The first-order valence-electron chi connectivity index (χ1n) is 5.84. The Bertz CT molecular complexity index is 378. The van der Waals surface area contributed by atoms with Crippen molar-refractivity contribution in [2.45, 2.75) is 19.9 Å². The first-order valence-corrected chi connectivity index (χ1v) is 6.22. The number of aliphatic hydroxyl groups is 1. The summed E-state index contributed by atoms with van der Waals surface area (Å²) in [6, 6.07) is 7.17. The minimum atomic E-state index is -0.530. The lowest BCUT2D eigenvalue weighted by atomic mass is 9.96. The van der Waals surface area contributed by atoms with Crippen LogP contribution in [0, 0.1) is 5.92 Å². The molecular formula is C13H18ClNO3. The first kappa shape index (κ1) is 14.8. The predicted molar refractivity (Wildman–Crippen MR) is 70.6 cm³/mol. The second-order valence-corrected chi connectivity index (χ2v) is 4.71. The van der Waals surface area contributed by atoms with Gasteiger partial charge in [0, 0.05) is 5.02 Å². The average molecular weight is 272 g/mol. The molecule has 100 valence electrons. The number of aliphatic hydroxyl groups excluding tert-OH is 1. The van der Waals surface area contributed by atoms with Crippen molar-refractivity contribution in [3.8, 4) is 0 Å². The Morgan fingerprint density at radius 1 is 1.39 bits per heavy atom. The molecule has 18 heavy (non-hydrogen) atoms. The van der Waals surface area contributed by atoms with E-state index in [9.17, 15) is 4.79 Å². The van der Waals surface area contributed by atoms with Crippen molar-refractivity contribution < 1.29 is 14.6 Å². The fourth-order valence-electron chi connectivity index (χ4n) is 1.61. The molecule has 0 aliphatic carbocycles. The lowest BCUT2D eigenvalue weighted by molar-refractivity contribution is 0.114. The number of hydrogen-bond donors (Lipinski definition) is 2. The summed E-state index contributed by atoms with van der Waals surface area (Å²) in [4.78, 5) is 11.5. The summed E-state index contributed by atoms with van der Waals surface area (Å²) in [5.41, 5.74) is 0.968. The number of carbonyl (C=O) groups excluding carboxylic acids is 1. The molecular weight excluding hydrogens is 254 g/mol. The van der Waals surface area contributed by atoms with E-state index in [1.807, 2.05) is 26.0 Å². The maximum Gasteiger partial charge on any atom is 0.407 e. The molecule has 0 spiro atoms. The van der Waals surface area contributed by atoms with Crippen molar-refractivity contribution in [3.63, 3.8) is 0 Å². The van der Waals surface area contributed by atoms with Crippen LogP contribution in [0.4, 0.5) is 4.79 Å². The molecule has 0 aromatic heterocycles. The number of alkyl carbamates (subject to hydrolysis) is 1. The highest BCUT2D eigenvalue weighted by Crippen LogP contribution is 2.23. The van der Waals surface area contributed by atoms with E-state index in [-0.39, 0.29) is 25.2 Å². The molecule has 0 saturated heterocycles. The van der Waals surface area contributed by atoms with Gasteiger partial charge in [-0.15, -0.1) is 0 Å². The average Bonchev–Trinajstić information content (AvgIpc) is 2.34. The molecule has 2 N–H and O–H groups in total. The topological polar surface area (TPSA) is 58.6 Å². The molecule has 0 saturated carbocycles. The van der Waals surface area contributed by atoms with Gasteiger partial charge in [-0.3, -0.25) is 0 Å². The van der Waals surface area contributed by atoms with Gasteiger partial charge in [-0.1, -0.05) is 37.6 Å². The summed E-state index contributed by atoms with van der Waals surface area (Å²) >= 11 is 5.83. The van der Waals surface area contributed by atoms with Crippen LogP contribution in [-0.2, 0) is 4.74 Å². The maximum absolute atomic E-state index is 11.5. The number of halogens is 1. The van der Waals surface area contributed by atoms with E-state index in [1.165, 1.54) is 0 Å². The van der Waals surface area contributed by atoms with Gasteiger partial charge in [-0.2, -0.15) is 0 Å². The van der Waals surface area contributed by atoms with Gasteiger partial charge in [0.1, 0.15) is 6.61 Å². The zero-order chi connectivity index (χ0) is 13.5. The second kappa shape index (κ2) is 7.24. The zero-order valence-corrected chi connectivity index (χ0v) is 11.3. The molecule has 0 aliphatic heterocycles. The third kappa shape index (κ3) is 4.55. The maximum atomic E-state index is 11.5. The minimum Gasteiger partial charge on any atom is -0.447 e. The highest BCUT2D eigenvalue weighted by atomic mass is 35.5. The smallest absolute Gasteiger partial charge is 0.407 e. The quantitative estimate of drug-likeness (QED) is 0.866. The monoisotopic (exact) mass is 271 g/mol. The number of benzene rings is 1. The molecule has 0 aliphatic rings. The van der Waals surface area contributed by atoms with Gasteiger partial charge in [-0.25, -0.2) is 4.79 Å². The Labute approximate surface area is 112 Å². The minimum absolute atomic E-state index is 0.00271. The van der Waals surface area contributed by atoms with Crippen LogP contribution in [0.25, 0.3) is 0 Å². The molecule has 1 atom stereocenters. The molecule has 1 rings (SSSR count). The van der Waals surface area contributed by atoms with Crippen molar-refractivity contribution in [3.05, 3.63) is 34.9 Å². The van der Waals surface area contributed by atoms with Crippen molar-refractivity contribution in [2.24, 2.45) is 5.92 Å². The van der Waals surface area contributed by atoms with Crippen LogP contribution in [0.3, 0.4) is 0 Å². The van der Waals surface area contributed by atoms with E-state index in [1.54, 1.807) is 12.1 Å². The molecule has 0 radical (unpaired) electrons. The summed E-state index contributed by atoms with van der Waals surface area (Å²) in [7, 11) is 0. The number of carbonyl (C=O) groups is 1. The number of ether oxygens (including phenoxy) is 1. The van der Waals surface area contributed by atoms with Gasteiger partial charge in [-0.05, 0) is 23.6 Å². The third-order valence-electron chi connectivity index (χ3n) is 2.49. The van der Waals surface area contributed by atoms with Gasteiger partial charge in [0.2, 0.25) is 0 Å². The van der Waals surface area contributed by atoms with E-state index in [0.29, 0.717) is 5.02 Å². The third-order valence-corrected chi connectivity index (χ3v) is 2.75. The Morgan fingerprint density at radius 2 is 2.00 bits per heavy atom. The molecule has 1 aromatic rings. The molecule has 0 heterocycles. The lowest BCUT2D eigenvalue weighted by Crippen LogP contribution is -2.32. The van der Waals surface area contributed by atoms with E-state index in [0.717, 1.165) is 5.56 Å². The normalized spacial score (nSPS) is 12.3. The van der Waals surface area contributed by atoms with Crippen LogP contribution in [-0.4, -0.2) is 24.4 Å². The Kier molecular flexibility index (Phi) is 5.95. The van der Waals surface area contributed by atoms with Gasteiger partial charge in [0.05, 0.1) is 12.6 Å². The molecule has 1 aromatic carbocycles. The number of hydrogen-bond acceptors (Lipinski definition) is 3. The summed E-state index contributed by atoms with van der Waals surface area (Å²) in [5.74, 6) is 0.216. The predicted octanol–water partition coefficient (Wildman–Crippen LogP) is 2.76. The first-order chi connectivity index (χ1) is 8.54. The highest BCUT2D eigenvalue weighted by Gasteiger charge is 2.18. The fourth-order valence-corrected chi connectivity index (χ4v) is 1.74. The van der Waals surface area contributed by atoms with Crippen LogP contribution < -0.4 is 5.32 Å². The van der Waals surface area contributed by atoms with Gasteiger partial charge >= 0.3 is 6.09 Å². The van der Waals surface area contributed by atoms with E-state index in [4.69, 9.17) is 21.4 Å². The lowest BCUT2D eigenvalue weighted by Gasteiger charge is -2.22. The standard InChI is InChI=1S/C13H18ClNO3/c1-9(2)12(15-13(17)18-8-7-16)10-3-5-11(14)6-4-10/h3-6,9,12,16H,7-8H2,1-2H3,(H,15,17). The van der Waals surface area contributed by atoms with Crippen LogP contribution in [0.2, 0.25) is 5.02 Å². The number of nitrogens with one attached hydrogen (secondary N) is 1. The Morgan fingerprint density at radius 3 is 2.50 bits per heavy atom. The van der Waals surface area contributed by atoms with Crippen LogP contribution in [0.15, 0.2) is 24.3 Å². The molecule has 5 heteroatoms. The van der Waals surface area contributed by atoms with Gasteiger partial charge < -0.3 is 15.2 Å². The van der Waals surface area contributed by atoms with Crippen molar-refractivity contribution in [2.75, 3.05) is 13.2 Å². The van der Waals surface area contributed by atoms with Crippen molar-refractivity contribution in [1.82, 2.24) is 5.32 Å². The fraction of sp³-hybridized carbons (Fsp3) is 0.462. The van der Waals surface area contributed by atoms with Crippen LogP contribution >= 0.6 is 11.6 Å². The van der Waals surface area contributed by atoms with Crippen LogP contribution in [0.5, 0.6) is 0 Å². The number of amides is 1. The zero-order valence-electron chi connectivity index (χ0n) is 10.5. The summed E-state index contributed by atoms with van der Waals surface area (Å²) < 4.78 is 4.79. The summed E-state index contributed by atoms with van der Waals surface area (Å²) in [6.45, 7) is 3.83. The molecule has 0 fully saturated rings. The second-order valence-electron chi connectivity index (χ2n) is 4.28. The summed E-state index contributed by atoms with van der Waals surface area (Å²) in [6.07, 6.45) is -0.530. The molecule has 1 amide bonds. The van der Waals surface area contributed by atoms with Crippen molar-refractivity contribution in [1.29, 1.82) is 0 Å². The SMILES string of the molecule is CC(C)C(NC(=O)OCCO)c1ccc(Cl)cc1. The van der Waals surface area contributed by atoms with Crippen molar-refractivity contribution >= 4 is 17.7 Å². The Balaban J connectivity index is 2.71. The molecule has 0 bridgehead atoms. The Hall–Kier alpha value is -1.26. The number of rotatable bonds is 5. The molecule has 1 unspecified atom stereocenters. The van der Waals surface area contributed by atoms with Crippen LogP contribution in [0.1, 0.15) is 25.5 Å². The van der Waals surface area contributed by atoms with E-state index in [2.05, 4.69) is 5.32 Å². The van der Waals surface area contributed by atoms with Gasteiger partial charge in [0.15, 0.2) is 0 Å². The highest BCUT2D eigenvalue weighted by molar-refractivity contribution is 6.30. The van der Waals surface area contributed by atoms with Gasteiger partial charge in [0.25, 0.3) is 0 Å². The largest absolute Gasteiger partial charge is 0.447 e. The summed E-state index contributed by atoms with van der Waals surface area (Å²) in [5, 5.41) is 12.0. The molecule has 4 nitrogen and oxygen atoms in total.